The number of hydrogen-bond acceptors (Lipinski definition) is 10. The van der Waals surface area contributed by atoms with Gasteiger partial charge < -0.3 is 36.6 Å². The number of hydrogen-bond donors (Lipinski definition) is 7. The predicted molar refractivity (Wildman–Crippen MR) is 156 cm³/mol. The Kier molecular flexibility index (Phi) is 13.8. The van der Waals surface area contributed by atoms with Gasteiger partial charge in [-0.05, 0) is 54.7 Å². The zero-order valence-corrected chi connectivity index (χ0v) is 24.2. The number of rotatable bonds is 20. The van der Waals surface area contributed by atoms with Gasteiger partial charge >= 0.3 is 5.97 Å². The Balaban J connectivity index is 1.83. The van der Waals surface area contributed by atoms with Crippen LogP contribution < -0.4 is 11.1 Å². The van der Waals surface area contributed by atoms with Crippen LogP contribution in [0.25, 0.3) is 0 Å². The average Bonchev–Trinajstić information content (AvgIpc) is 2.94. The SMILES string of the molecule is NC(=O)C(CC(=O)CCCc1ccc(O)c(O)c1)CC(=O)C(CC(=O)O)CC(=O)CCC(=O)NCCc1ccc(O)c(O)c1. The van der Waals surface area contributed by atoms with Crippen molar-refractivity contribution in [3.63, 3.8) is 0 Å². The molecule has 13 nitrogen and oxygen atoms in total. The maximum Gasteiger partial charge on any atom is 0.304 e. The van der Waals surface area contributed by atoms with Gasteiger partial charge in [-0.3, -0.25) is 28.8 Å². The number of aliphatic carboxylic acids is 1. The monoisotopic (exact) mass is 614 g/mol. The Hall–Kier alpha value is -4.94. The van der Waals surface area contributed by atoms with E-state index in [-0.39, 0.29) is 61.0 Å². The molecule has 2 atom stereocenters. The van der Waals surface area contributed by atoms with Gasteiger partial charge in [0.2, 0.25) is 11.8 Å². The summed E-state index contributed by atoms with van der Waals surface area (Å²) in [7, 11) is 0. The lowest BCUT2D eigenvalue weighted by molar-refractivity contribution is -0.142. The van der Waals surface area contributed by atoms with E-state index in [4.69, 9.17) is 5.73 Å². The first-order chi connectivity index (χ1) is 20.7. The van der Waals surface area contributed by atoms with Crippen molar-refractivity contribution in [3.05, 3.63) is 47.5 Å². The first-order valence-electron chi connectivity index (χ1n) is 14.1. The molecule has 2 aromatic carbocycles. The molecule has 0 saturated carbocycles. The number of nitrogens with two attached hydrogens (primary N) is 1. The van der Waals surface area contributed by atoms with E-state index >= 15 is 0 Å². The van der Waals surface area contributed by atoms with Crippen molar-refractivity contribution in [1.29, 1.82) is 0 Å². The highest BCUT2D eigenvalue weighted by molar-refractivity contribution is 5.95. The first kappa shape index (κ1) is 35.3. The molecule has 0 aliphatic rings. The van der Waals surface area contributed by atoms with Gasteiger partial charge in [0.15, 0.2) is 23.0 Å². The number of carboxylic acid groups (broad SMARTS) is 1. The highest BCUT2D eigenvalue weighted by Crippen LogP contribution is 2.26. The van der Waals surface area contributed by atoms with Crippen LogP contribution in [0.15, 0.2) is 36.4 Å². The van der Waals surface area contributed by atoms with Crippen molar-refractivity contribution in [2.24, 2.45) is 17.6 Å². The number of primary amides is 1. The van der Waals surface area contributed by atoms with Crippen LogP contribution in [0.5, 0.6) is 23.0 Å². The summed E-state index contributed by atoms with van der Waals surface area (Å²) in [5, 5.41) is 49.7. The zero-order chi connectivity index (χ0) is 32.8. The van der Waals surface area contributed by atoms with Crippen LogP contribution in [-0.2, 0) is 41.6 Å². The van der Waals surface area contributed by atoms with Gasteiger partial charge in [-0.1, -0.05) is 12.1 Å². The lowest BCUT2D eigenvalue weighted by Gasteiger charge is -2.17. The Bertz CT molecular complexity index is 1370. The first-order valence-corrected chi connectivity index (χ1v) is 14.1. The van der Waals surface area contributed by atoms with Gasteiger partial charge in [-0.15, -0.1) is 0 Å². The Morgan fingerprint density at radius 3 is 1.75 bits per heavy atom. The molecule has 0 heterocycles. The van der Waals surface area contributed by atoms with Crippen LogP contribution in [0.1, 0.15) is 62.5 Å². The highest BCUT2D eigenvalue weighted by atomic mass is 16.4. The van der Waals surface area contributed by atoms with Crippen molar-refractivity contribution in [3.8, 4) is 23.0 Å². The minimum absolute atomic E-state index is 0.0517. The summed E-state index contributed by atoms with van der Waals surface area (Å²) < 4.78 is 0. The molecule has 2 aromatic rings. The molecule has 0 aliphatic heterocycles. The van der Waals surface area contributed by atoms with E-state index < -0.39 is 60.4 Å². The summed E-state index contributed by atoms with van der Waals surface area (Å²) >= 11 is 0. The third-order valence-corrected chi connectivity index (χ3v) is 7.04. The predicted octanol–water partition coefficient (Wildman–Crippen LogP) is 2.04. The molecule has 0 aliphatic carbocycles. The molecule has 2 amide bonds. The molecule has 0 radical (unpaired) electrons. The minimum Gasteiger partial charge on any atom is -0.504 e. The number of phenolic OH excluding ortho intramolecular Hbond substituents is 4. The lowest BCUT2D eigenvalue weighted by atomic mass is 9.85. The summed E-state index contributed by atoms with van der Waals surface area (Å²) in [5.41, 5.74) is 6.76. The van der Waals surface area contributed by atoms with E-state index in [9.17, 15) is 54.3 Å². The van der Waals surface area contributed by atoms with Crippen LogP contribution in [-0.4, -0.2) is 67.2 Å². The van der Waals surface area contributed by atoms with Crippen LogP contribution in [0.4, 0.5) is 0 Å². The molecule has 0 bridgehead atoms. The molecule has 0 spiro atoms. The van der Waals surface area contributed by atoms with Crippen LogP contribution in [0.2, 0.25) is 0 Å². The molecule has 44 heavy (non-hydrogen) atoms. The smallest absolute Gasteiger partial charge is 0.304 e. The summed E-state index contributed by atoms with van der Waals surface area (Å²) in [4.78, 5) is 73.5. The normalized spacial score (nSPS) is 12.2. The van der Waals surface area contributed by atoms with E-state index in [1.807, 2.05) is 0 Å². The number of phenols is 4. The number of Topliss-reactive ketones (excluding diaryl/α,β-unsaturated/α-hetero) is 3. The zero-order valence-electron chi connectivity index (χ0n) is 24.2. The summed E-state index contributed by atoms with van der Waals surface area (Å²) in [6.45, 7) is 0.199. The molecule has 2 unspecified atom stereocenters. The van der Waals surface area contributed by atoms with Crippen LogP contribution in [0, 0.1) is 11.8 Å². The van der Waals surface area contributed by atoms with Crippen LogP contribution >= 0.6 is 0 Å². The third-order valence-electron chi connectivity index (χ3n) is 7.04. The maximum atomic E-state index is 12.9. The highest BCUT2D eigenvalue weighted by Gasteiger charge is 2.30. The number of aryl methyl sites for hydroxylation is 1. The van der Waals surface area contributed by atoms with Crippen molar-refractivity contribution < 1.29 is 54.3 Å². The number of ketones is 3. The second-order valence-corrected chi connectivity index (χ2v) is 10.6. The van der Waals surface area contributed by atoms with E-state index in [0.29, 0.717) is 30.4 Å². The number of nitrogens with one attached hydrogen (secondary N) is 1. The number of benzene rings is 2. The fourth-order valence-electron chi connectivity index (χ4n) is 4.57. The van der Waals surface area contributed by atoms with Gasteiger partial charge in [-0.25, -0.2) is 0 Å². The van der Waals surface area contributed by atoms with Crippen molar-refractivity contribution in [2.75, 3.05) is 6.54 Å². The second-order valence-electron chi connectivity index (χ2n) is 10.6. The summed E-state index contributed by atoms with van der Waals surface area (Å²) in [6, 6.07) is 8.54. The van der Waals surface area contributed by atoms with Gasteiger partial charge in [0.05, 0.1) is 12.3 Å². The summed E-state index contributed by atoms with van der Waals surface area (Å²) in [5.74, 6) is -7.80. The van der Waals surface area contributed by atoms with Crippen molar-refractivity contribution in [2.45, 2.75) is 64.2 Å². The van der Waals surface area contributed by atoms with E-state index in [0.717, 1.165) is 0 Å². The number of amides is 2. The Morgan fingerprint density at radius 2 is 1.20 bits per heavy atom. The van der Waals surface area contributed by atoms with Gasteiger partial charge in [0.25, 0.3) is 0 Å². The number of carbonyl (C=O) groups excluding carboxylic acids is 5. The van der Waals surface area contributed by atoms with Crippen molar-refractivity contribution >= 4 is 35.1 Å². The van der Waals surface area contributed by atoms with Gasteiger partial charge in [0.1, 0.15) is 17.3 Å². The largest absolute Gasteiger partial charge is 0.504 e. The summed E-state index contributed by atoms with van der Waals surface area (Å²) in [6.07, 6.45) is -1.23. The Morgan fingerprint density at radius 1 is 0.659 bits per heavy atom. The maximum absolute atomic E-state index is 12.9. The van der Waals surface area contributed by atoms with E-state index in [1.54, 1.807) is 12.1 Å². The molecule has 0 saturated heterocycles. The topological polar surface area (TPSA) is 242 Å². The third kappa shape index (κ3) is 12.5. The standard InChI is InChI=1S/C31H38N2O11/c32-31(44)21(15-22(34)3-1-2-18-4-7-24(36)27(39)12-18)16-26(38)20(17-30(42)43)14-23(35)6-9-29(41)33-11-10-19-5-8-25(37)28(40)13-19/h4-5,7-8,12-13,20-21,36-37,39-40H,1-3,6,9-11,14-17H2,(H2,32,44)(H,33,41)(H,42,43). The van der Waals surface area contributed by atoms with Crippen molar-refractivity contribution in [1.82, 2.24) is 5.32 Å². The second kappa shape index (κ2) is 17.2. The van der Waals surface area contributed by atoms with E-state index in [2.05, 4.69) is 5.32 Å². The quantitative estimate of drug-likeness (QED) is 0.106. The average molecular weight is 615 g/mol. The molecule has 13 heteroatoms. The molecule has 0 aromatic heterocycles. The molecule has 0 fully saturated rings. The number of aromatic hydroxyl groups is 4. The van der Waals surface area contributed by atoms with Crippen LogP contribution in [0.3, 0.4) is 0 Å². The van der Waals surface area contributed by atoms with Gasteiger partial charge in [0, 0.05) is 51.0 Å². The van der Waals surface area contributed by atoms with Gasteiger partial charge in [-0.2, -0.15) is 0 Å². The lowest BCUT2D eigenvalue weighted by Crippen LogP contribution is -2.31. The molecular weight excluding hydrogens is 576 g/mol. The Labute approximate surface area is 253 Å². The minimum atomic E-state index is -1.33. The molecule has 238 valence electrons. The number of carbonyl (C=O) groups is 6. The fourth-order valence-corrected chi connectivity index (χ4v) is 4.57. The fraction of sp³-hybridized carbons (Fsp3) is 0.419. The molecule has 8 N–H and O–H groups in total. The number of carboxylic acids is 1. The van der Waals surface area contributed by atoms with E-state index in [1.165, 1.54) is 24.3 Å². The molecular formula is C31H38N2O11. The molecule has 2 rings (SSSR count).